The molecule has 2 aromatic rings. The number of nitrogens with zero attached hydrogens (tertiary/aromatic N) is 8. The third-order valence-electron chi connectivity index (χ3n) is 4.32. The van der Waals surface area contributed by atoms with Crippen molar-refractivity contribution in [2.75, 3.05) is 49.9 Å². The second-order valence-corrected chi connectivity index (χ2v) is 7.33. The van der Waals surface area contributed by atoms with Crippen LogP contribution in [0.4, 0.5) is 5.95 Å². The second-order valence-electron chi connectivity index (χ2n) is 6.26. The molecule has 1 aliphatic heterocycles. The van der Waals surface area contributed by atoms with Gasteiger partial charge in [0.1, 0.15) is 0 Å². The summed E-state index contributed by atoms with van der Waals surface area (Å²) in [4.78, 5) is 25.1. The molecule has 0 unspecified atom stereocenters. The number of hydrogen-bond donors (Lipinski definition) is 1. The highest BCUT2D eigenvalue weighted by Crippen LogP contribution is 2.13. The Morgan fingerprint density at radius 3 is 2.70 bits per heavy atom. The van der Waals surface area contributed by atoms with Gasteiger partial charge in [-0.25, -0.2) is 14.6 Å². The third kappa shape index (κ3) is 6.14. The summed E-state index contributed by atoms with van der Waals surface area (Å²) in [5.41, 5.74) is 0. The van der Waals surface area contributed by atoms with E-state index in [1.165, 1.54) is 11.8 Å². The molecule has 0 atom stereocenters. The maximum Gasteiger partial charge on any atom is 0.225 e. The molecule has 1 fully saturated rings. The number of rotatable bonds is 9. The van der Waals surface area contributed by atoms with Gasteiger partial charge < -0.3 is 10.2 Å². The fourth-order valence-electron chi connectivity index (χ4n) is 2.82. The molecule has 0 aliphatic carbocycles. The monoisotopic (exact) mass is 391 g/mol. The van der Waals surface area contributed by atoms with E-state index < -0.39 is 0 Å². The average Bonchev–Trinajstić information content (AvgIpc) is 3.11. The van der Waals surface area contributed by atoms with Crippen molar-refractivity contribution >= 4 is 23.6 Å². The molecular weight excluding hydrogens is 366 g/mol. The zero-order chi connectivity index (χ0) is 18.9. The van der Waals surface area contributed by atoms with Crippen molar-refractivity contribution < 1.29 is 4.79 Å². The van der Waals surface area contributed by atoms with Gasteiger partial charge in [0.2, 0.25) is 17.0 Å². The number of tetrazole rings is 1. The summed E-state index contributed by atoms with van der Waals surface area (Å²) in [6.45, 7) is 5.55. The van der Waals surface area contributed by atoms with Crippen molar-refractivity contribution in [3.8, 4) is 0 Å². The second kappa shape index (κ2) is 10.2. The molecule has 3 heterocycles. The summed E-state index contributed by atoms with van der Waals surface area (Å²) in [5, 5.41) is 14.9. The fraction of sp³-hybridized carbons (Fsp3) is 0.625. The Labute approximate surface area is 162 Å². The number of carbonyl (C=O) groups excluding carboxylic acids is 1. The van der Waals surface area contributed by atoms with E-state index in [0.29, 0.717) is 18.7 Å². The number of aryl methyl sites for hydroxylation is 1. The van der Waals surface area contributed by atoms with Crippen LogP contribution in [0.5, 0.6) is 0 Å². The molecule has 1 saturated heterocycles. The molecule has 3 rings (SSSR count). The van der Waals surface area contributed by atoms with Crippen LogP contribution in [0.25, 0.3) is 0 Å². The van der Waals surface area contributed by atoms with Gasteiger partial charge in [-0.15, -0.1) is 5.10 Å². The number of thioether (sulfide) groups is 1. The molecule has 1 amide bonds. The van der Waals surface area contributed by atoms with Gasteiger partial charge in [0, 0.05) is 64.3 Å². The van der Waals surface area contributed by atoms with Crippen LogP contribution >= 0.6 is 11.8 Å². The summed E-state index contributed by atoms with van der Waals surface area (Å²) in [7, 11) is 1.79. The van der Waals surface area contributed by atoms with Crippen LogP contribution in [0.1, 0.15) is 12.8 Å². The van der Waals surface area contributed by atoms with E-state index in [1.807, 2.05) is 6.07 Å². The van der Waals surface area contributed by atoms with Gasteiger partial charge >= 0.3 is 0 Å². The largest absolute Gasteiger partial charge is 0.356 e. The normalized spacial score (nSPS) is 15.1. The van der Waals surface area contributed by atoms with Gasteiger partial charge in [0.05, 0.1) is 0 Å². The SMILES string of the molecule is Cn1nnnc1SCCC(=O)NCCCN1CCN(c2ncccn2)CC1. The van der Waals surface area contributed by atoms with Gasteiger partial charge in [-0.3, -0.25) is 9.69 Å². The van der Waals surface area contributed by atoms with Crippen LogP contribution in [0.15, 0.2) is 23.6 Å². The number of nitrogens with one attached hydrogen (secondary N) is 1. The van der Waals surface area contributed by atoms with Gasteiger partial charge in [0.15, 0.2) is 0 Å². The molecule has 11 heteroatoms. The van der Waals surface area contributed by atoms with Crippen LogP contribution in [-0.2, 0) is 11.8 Å². The van der Waals surface area contributed by atoms with Crippen molar-refractivity contribution in [1.29, 1.82) is 0 Å². The number of anilines is 1. The summed E-state index contributed by atoms with van der Waals surface area (Å²) >= 11 is 1.49. The number of hydrogen-bond acceptors (Lipinski definition) is 9. The Hall–Kier alpha value is -2.27. The molecule has 0 aromatic carbocycles. The first-order valence-corrected chi connectivity index (χ1v) is 10.1. The summed E-state index contributed by atoms with van der Waals surface area (Å²) in [6.07, 6.45) is 4.97. The number of aromatic nitrogens is 6. The lowest BCUT2D eigenvalue weighted by molar-refractivity contribution is -0.120. The molecule has 0 bridgehead atoms. The number of piperazine rings is 1. The van der Waals surface area contributed by atoms with Crippen molar-refractivity contribution in [2.24, 2.45) is 7.05 Å². The maximum absolute atomic E-state index is 11.9. The molecule has 0 spiro atoms. The predicted octanol–water partition coefficient (Wildman–Crippen LogP) is -0.189. The topological polar surface area (TPSA) is 105 Å². The molecule has 2 aromatic heterocycles. The minimum atomic E-state index is 0.0728. The first-order chi connectivity index (χ1) is 13.2. The first kappa shape index (κ1) is 19.5. The lowest BCUT2D eigenvalue weighted by atomic mass is 10.3. The van der Waals surface area contributed by atoms with Crippen LogP contribution in [0.2, 0.25) is 0 Å². The zero-order valence-corrected chi connectivity index (χ0v) is 16.3. The minimum absolute atomic E-state index is 0.0728. The maximum atomic E-state index is 11.9. The van der Waals surface area contributed by atoms with Gasteiger partial charge in [-0.1, -0.05) is 11.8 Å². The lowest BCUT2D eigenvalue weighted by Crippen LogP contribution is -2.47. The Balaban J connectivity index is 1.23. The van der Waals surface area contributed by atoms with Gasteiger partial charge in [0.25, 0.3) is 0 Å². The van der Waals surface area contributed by atoms with E-state index in [2.05, 4.69) is 40.6 Å². The highest BCUT2D eigenvalue weighted by molar-refractivity contribution is 7.99. The van der Waals surface area contributed by atoms with Crippen LogP contribution < -0.4 is 10.2 Å². The zero-order valence-electron chi connectivity index (χ0n) is 15.5. The first-order valence-electron chi connectivity index (χ1n) is 9.08. The Morgan fingerprint density at radius 2 is 2.00 bits per heavy atom. The van der Waals surface area contributed by atoms with Crippen molar-refractivity contribution in [2.45, 2.75) is 18.0 Å². The van der Waals surface area contributed by atoms with E-state index in [9.17, 15) is 4.79 Å². The van der Waals surface area contributed by atoms with Gasteiger partial charge in [-0.2, -0.15) is 0 Å². The lowest BCUT2D eigenvalue weighted by Gasteiger charge is -2.34. The summed E-state index contributed by atoms with van der Waals surface area (Å²) in [5.74, 6) is 1.55. The van der Waals surface area contributed by atoms with Crippen LogP contribution in [-0.4, -0.2) is 86.0 Å². The highest BCUT2D eigenvalue weighted by atomic mass is 32.2. The Kier molecular flexibility index (Phi) is 7.34. The molecule has 1 N–H and O–H groups in total. The predicted molar refractivity (Wildman–Crippen MR) is 102 cm³/mol. The molecule has 146 valence electrons. The van der Waals surface area contributed by atoms with Crippen molar-refractivity contribution in [3.05, 3.63) is 18.5 Å². The molecule has 10 nitrogen and oxygen atoms in total. The van der Waals surface area contributed by atoms with E-state index in [1.54, 1.807) is 24.1 Å². The molecule has 27 heavy (non-hydrogen) atoms. The third-order valence-corrected chi connectivity index (χ3v) is 5.33. The number of amides is 1. The van der Waals surface area contributed by atoms with E-state index in [4.69, 9.17) is 0 Å². The Bertz CT molecular complexity index is 703. The molecule has 0 saturated carbocycles. The fourth-order valence-corrected chi connectivity index (χ4v) is 3.61. The standard InChI is InChI=1S/C16H25N9OS/c1-23-16(20-21-22-23)27-13-4-14(26)17-7-3-8-24-9-11-25(12-10-24)15-18-5-2-6-19-15/h2,5-6H,3-4,7-13H2,1H3,(H,17,26). The molecule has 0 radical (unpaired) electrons. The van der Waals surface area contributed by atoms with Crippen molar-refractivity contribution in [1.82, 2.24) is 40.4 Å². The quantitative estimate of drug-likeness (QED) is 0.460. The summed E-state index contributed by atoms with van der Waals surface area (Å²) < 4.78 is 1.60. The van der Waals surface area contributed by atoms with Crippen LogP contribution in [0.3, 0.4) is 0 Å². The smallest absolute Gasteiger partial charge is 0.225 e. The van der Waals surface area contributed by atoms with Crippen LogP contribution in [0, 0.1) is 0 Å². The summed E-state index contributed by atoms with van der Waals surface area (Å²) in [6, 6.07) is 1.83. The number of carbonyl (C=O) groups is 1. The van der Waals surface area contributed by atoms with E-state index in [-0.39, 0.29) is 5.91 Å². The van der Waals surface area contributed by atoms with E-state index in [0.717, 1.165) is 50.2 Å². The average molecular weight is 392 g/mol. The van der Waals surface area contributed by atoms with E-state index >= 15 is 0 Å². The van der Waals surface area contributed by atoms with Gasteiger partial charge in [-0.05, 0) is 29.5 Å². The highest BCUT2D eigenvalue weighted by Gasteiger charge is 2.18. The molecular formula is C16H25N9OS. The van der Waals surface area contributed by atoms with Crippen molar-refractivity contribution in [3.63, 3.8) is 0 Å². The molecule has 1 aliphatic rings. The Morgan fingerprint density at radius 1 is 1.22 bits per heavy atom. The minimum Gasteiger partial charge on any atom is -0.356 e.